The maximum Gasteiger partial charge on any atom is 0.420 e. The molecule has 0 bridgehead atoms. The molecule has 0 radical (unpaired) electrons. The van der Waals surface area contributed by atoms with Crippen molar-refractivity contribution < 1.29 is 46.5 Å². The summed E-state index contributed by atoms with van der Waals surface area (Å²) in [7, 11) is 1.04. The second-order valence-electron chi connectivity index (χ2n) is 11.2. The van der Waals surface area contributed by atoms with E-state index in [2.05, 4.69) is 20.9 Å². The lowest BCUT2D eigenvalue weighted by Gasteiger charge is -2.22. The molecule has 1 atom stereocenters. The summed E-state index contributed by atoms with van der Waals surface area (Å²) in [4.78, 5) is 38.4. The molecular weight excluding hydrogens is 599 g/mol. The largest absolute Gasteiger partial charge is 0.496 e. The summed E-state index contributed by atoms with van der Waals surface area (Å²) in [5.41, 5.74) is -1.50. The molecule has 1 aromatic heterocycles. The van der Waals surface area contributed by atoms with Gasteiger partial charge in [0, 0.05) is 18.2 Å². The Morgan fingerprint density at radius 2 is 1.82 bits per heavy atom. The number of hydrogen-bond acceptors (Lipinski definition) is 9. The van der Waals surface area contributed by atoms with Gasteiger partial charge < -0.3 is 24.3 Å². The minimum atomic E-state index is -4.85. The van der Waals surface area contributed by atoms with Gasteiger partial charge >= 0.3 is 12.3 Å². The molecule has 2 heterocycles. The van der Waals surface area contributed by atoms with Crippen LogP contribution in [0.15, 0.2) is 42.6 Å². The molecule has 0 saturated carbocycles. The predicted octanol–water partition coefficient (Wildman–Crippen LogP) is 5.90. The number of nitrogens with one attached hydrogen (secondary N) is 2. The third-order valence-corrected chi connectivity index (χ3v) is 6.46. The first-order valence-electron chi connectivity index (χ1n) is 14.1. The number of Topliss-reactive ketones (excluding diaryl/α,β-unsaturated/α-hetero) is 1. The van der Waals surface area contributed by atoms with Crippen molar-refractivity contribution in [3.63, 3.8) is 0 Å². The lowest BCUT2D eigenvalue weighted by molar-refractivity contribution is -0.169. The first kappa shape index (κ1) is 33.4. The van der Waals surface area contributed by atoms with Crippen LogP contribution in [0.1, 0.15) is 68.1 Å². The third-order valence-electron chi connectivity index (χ3n) is 6.46. The van der Waals surface area contributed by atoms with Crippen molar-refractivity contribution in [3.05, 3.63) is 59.4 Å². The Kier molecular flexibility index (Phi) is 10.4. The van der Waals surface area contributed by atoms with Crippen LogP contribution in [-0.2, 0) is 31.8 Å². The number of carbonyl (C=O) groups excluding carboxylic acids is 3. The highest BCUT2D eigenvalue weighted by Crippen LogP contribution is 2.41. The normalized spacial score (nSPS) is 15.3. The van der Waals surface area contributed by atoms with Gasteiger partial charge in [0.1, 0.15) is 11.4 Å². The Labute approximate surface area is 257 Å². The monoisotopic (exact) mass is 633 g/mol. The molecular formula is C30H34F3N5O7. The minimum absolute atomic E-state index is 0.151. The number of aromatic nitrogens is 3. The number of hydrogen-bond donors (Lipinski definition) is 2. The highest BCUT2D eigenvalue weighted by molar-refractivity contribution is 6.12. The van der Waals surface area contributed by atoms with E-state index in [0.717, 1.165) is 32.4 Å². The van der Waals surface area contributed by atoms with Crippen LogP contribution in [0, 0.1) is 0 Å². The maximum atomic E-state index is 13.7. The second kappa shape index (κ2) is 14.1. The Morgan fingerprint density at radius 1 is 1.07 bits per heavy atom. The smallest absolute Gasteiger partial charge is 0.420 e. The zero-order valence-electron chi connectivity index (χ0n) is 25.2. The number of alkyl halides is 3. The molecule has 45 heavy (non-hydrogen) atoms. The highest BCUT2D eigenvalue weighted by Gasteiger charge is 2.36. The van der Waals surface area contributed by atoms with Gasteiger partial charge in [0.15, 0.2) is 12.1 Å². The molecule has 15 heteroatoms. The minimum Gasteiger partial charge on any atom is -0.496 e. The molecule has 1 unspecified atom stereocenters. The molecule has 1 fully saturated rings. The van der Waals surface area contributed by atoms with Gasteiger partial charge in [-0.1, -0.05) is 17.3 Å². The molecule has 0 aliphatic carbocycles. The summed E-state index contributed by atoms with van der Waals surface area (Å²) in [6, 6.07) is 7.81. The van der Waals surface area contributed by atoms with Crippen LogP contribution in [0.5, 0.6) is 5.75 Å². The van der Waals surface area contributed by atoms with E-state index in [1.54, 1.807) is 32.9 Å². The molecule has 1 aliphatic rings. The van der Waals surface area contributed by atoms with Gasteiger partial charge in [-0.25, -0.2) is 9.48 Å². The molecule has 2 aromatic carbocycles. The molecule has 2 amide bonds. The van der Waals surface area contributed by atoms with Crippen molar-refractivity contribution in [3.8, 4) is 11.4 Å². The Morgan fingerprint density at radius 3 is 2.49 bits per heavy atom. The number of halogens is 3. The van der Waals surface area contributed by atoms with Gasteiger partial charge in [-0.3, -0.25) is 14.9 Å². The number of methoxy groups -OCH3 is 1. The van der Waals surface area contributed by atoms with Crippen LogP contribution in [0.25, 0.3) is 5.69 Å². The van der Waals surface area contributed by atoms with Crippen LogP contribution >= 0.6 is 0 Å². The Bertz CT molecular complexity index is 1530. The summed E-state index contributed by atoms with van der Waals surface area (Å²) < 4.78 is 64.2. The SMILES string of the molecule is COc1cc(NC(=O)OC(C)(C)C)c(NC(=O)CC(=O)c2cccc(-n3nncc3COC3CCCCO3)c2)cc1C(F)(F)F. The Balaban J connectivity index is 1.50. The number of ketones is 1. The summed E-state index contributed by atoms with van der Waals surface area (Å²) in [5, 5.41) is 12.6. The lowest BCUT2D eigenvalue weighted by Crippen LogP contribution is -2.28. The zero-order valence-corrected chi connectivity index (χ0v) is 25.2. The predicted molar refractivity (Wildman–Crippen MR) is 155 cm³/mol. The zero-order chi connectivity index (χ0) is 32.8. The van der Waals surface area contributed by atoms with Crippen molar-refractivity contribution in [2.24, 2.45) is 0 Å². The van der Waals surface area contributed by atoms with E-state index in [9.17, 15) is 27.6 Å². The molecule has 0 spiro atoms. The fourth-order valence-corrected chi connectivity index (χ4v) is 4.44. The van der Waals surface area contributed by atoms with Crippen molar-refractivity contribution in [1.29, 1.82) is 0 Å². The van der Waals surface area contributed by atoms with Crippen molar-refractivity contribution in [2.75, 3.05) is 24.4 Å². The van der Waals surface area contributed by atoms with E-state index < -0.39 is 53.0 Å². The number of nitrogens with zero attached hydrogens (tertiary/aromatic N) is 3. The van der Waals surface area contributed by atoms with Crippen LogP contribution in [0.3, 0.4) is 0 Å². The van der Waals surface area contributed by atoms with Crippen LogP contribution in [0.4, 0.5) is 29.3 Å². The standard InChI is InChI=1S/C30H34F3N5O7/c1-29(2,3)45-28(41)36-23-14-25(42-4)21(30(31,32)33)13-22(23)35-26(40)15-24(39)18-8-7-9-19(12-18)38-20(16-34-37-38)17-44-27-10-5-6-11-43-27/h7-9,12-14,16,27H,5-6,10-11,15,17H2,1-4H3,(H,35,40)(H,36,41). The second-order valence-corrected chi connectivity index (χ2v) is 11.2. The Hall–Kier alpha value is -4.50. The van der Waals surface area contributed by atoms with Crippen molar-refractivity contribution >= 4 is 29.2 Å². The number of carbonyl (C=O) groups is 3. The van der Waals surface area contributed by atoms with E-state index in [4.69, 9.17) is 18.9 Å². The van der Waals surface area contributed by atoms with Gasteiger partial charge in [-0.2, -0.15) is 13.2 Å². The topological polar surface area (TPSA) is 143 Å². The van der Waals surface area contributed by atoms with Crippen LogP contribution < -0.4 is 15.4 Å². The van der Waals surface area contributed by atoms with Gasteiger partial charge in [-0.15, -0.1) is 5.10 Å². The van der Waals surface area contributed by atoms with Crippen LogP contribution in [0.2, 0.25) is 0 Å². The number of rotatable bonds is 10. The summed E-state index contributed by atoms with van der Waals surface area (Å²) in [6.07, 6.45) is -2.57. The third kappa shape index (κ3) is 9.25. The van der Waals surface area contributed by atoms with Crippen molar-refractivity contribution in [1.82, 2.24) is 15.0 Å². The van der Waals surface area contributed by atoms with E-state index in [-0.39, 0.29) is 24.1 Å². The molecule has 1 saturated heterocycles. The maximum absolute atomic E-state index is 13.7. The molecule has 3 aromatic rings. The van der Waals surface area contributed by atoms with E-state index in [1.807, 2.05) is 0 Å². The molecule has 12 nitrogen and oxygen atoms in total. The summed E-state index contributed by atoms with van der Waals surface area (Å²) in [5.74, 6) is -2.13. The number of benzene rings is 2. The molecule has 2 N–H and O–H groups in total. The van der Waals surface area contributed by atoms with Gasteiger partial charge in [0.05, 0.1) is 54.7 Å². The average Bonchev–Trinajstić information content (AvgIpc) is 3.44. The summed E-state index contributed by atoms with van der Waals surface area (Å²) in [6.45, 7) is 5.61. The van der Waals surface area contributed by atoms with Gasteiger partial charge in [0.25, 0.3) is 0 Å². The number of ether oxygens (including phenoxy) is 4. The first-order valence-corrected chi connectivity index (χ1v) is 14.1. The molecule has 4 rings (SSSR count). The fourth-order valence-electron chi connectivity index (χ4n) is 4.44. The molecule has 1 aliphatic heterocycles. The average molecular weight is 634 g/mol. The lowest BCUT2D eigenvalue weighted by atomic mass is 10.1. The van der Waals surface area contributed by atoms with E-state index in [1.165, 1.54) is 23.0 Å². The molecule has 242 valence electrons. The quantitative estimate of drug-likeness (QED) is 0.206. The highest BCUT2D eigenvalue weighted by atomic mass is 19.4. The fraction of sp³-hybridized carbons (Fsp3) is 0.433. The first-order chi connectivity index (χ1) is 21.2. The van der Waals surface area contributed by atoms with Crippen LogP contribution in [-0.4, -0.2) is 58.4 Å². The van der Waals surface area contributed by atoms with Gasteiger partial charge in [-0.05, 0) is 58.2 Å². The number of anilines is 2. The van der Waals surface area contributed by atoms with Crippen molar-refractivity contribution in [2.45, 2.75) is 71.1 Å². The van der Waals surface area contributed by atoms with E-state index in [0.29, 0.717) is 24.1 Å². The van der Waals surface area contributed by atoms with Gasteiger partial charge in [0.2, 0.25) is 5.91 Å². The van der Waals surface area contributed by atoms with E-state index >= 15 is 0 Å². The number of amides is 2. The summed E-state index contributed by atoms with van der Waals surface area (Å²) >= 11 is 0.